The number of anilines is 1. The Kier molecular flexibility index (Phi) is 5.22. The van der Waals surface area contributed by atoms with Gasteiger partial charge >= 0.3 is 0 Å². The molecule has 2 aromatic heterocycles. The lowest BCUT2D eigenvalue weighted by Crippen LogP contribution is -2.48. The van der Waals surface area contributed by atoms with Gasteiger partial charge in [0.1, 0.15) is 12.1 Å². The van der Waals surface area contributed by atoms with E-state index < -0.39 is 9.84 Å². The Balaban J connectivity index is 1.37. The van der Waals surface area contributed by atoms with E-state index in [-0.39, 0.29) is 5.75 Å². The van der Waals surface area contributed by atoms with Crippen LogP contribution in [0.15, 0.2) is 41.7 Å². The average molecular weight is 421 g/mol. The molecule has 0 spiro atoms. The standard InChI is InChI=1S/C18H21ClN6O2S/c1-23-17-16(12-22-23)18(21-13-20-17)25-8-6-24(7-9-25)10-11-28(26,27)15-4-2-14(19)3-5-15/h2-5,12-13H,6-11H2,1H3. The molecule has 1 aromatic carbocycles. The molecule has 0 aliphatic carbocycles. The molecule has 3 aromatic rings. The Labute approximate surface area is 168 Å². The Hall–Kier alpha value is -2.23. The second kappa shape index (κ2) is 7.65. The van der Waals surface area contributed by atoms with Crippen LogP contribution >= 0.6 is 11.6 Å². The molecule has 1 aliphatic heterocycles. The molecule has 0 bridgehead atoms. The maximum Gasteiger partial charge on any atom is 0.179 e. The van der Waals surface area contributed by atoms with Gasteiger partial charge in [-0.25, -0.2) is 18.4 Å². The van der Waals surface area contributed by atoms with Crippen LogP contribution in [0.3, 0.4) is 0 Å². The summed E-state index contributed by atoms with van der Waals surface area (Å²) in [7, 11) is -1.45. The van der Waals surface area contributed by atoms with Crippen molar-refractivity contribution in [1.29, 1.82) is 0 Å². The van der Waals surface area contributed by atoms with Crippen LogP contribution in [0.4, 0.5) is 5.82 Å². The summed E-state index contributed by atoms with van der Waals surface area (Å²) >= 11 is 5.84. The molecule has 4 rings (SSSR count). The number of hydrogen-bond acceptors (Lipinski definition) is 7. The summed E-state index contributed by atoms with van der Waals surface area (Å²) in [5.74, 6) is 0.973. The van der Waals surface area contributed by atoms with Crippen LogP contribution in [0.5, 0.6) is 0 Å². The molecule has 0 atom stereocenters. The summed E-state index contributed by atoms with van der Waals surface area (Å²) in [5, 5.41) is 5.72. The first-order valence-corrected chi connectivity index (χ1v) is 11.1. The highest BCUT2D eigenvalue weighted by Gasteiger charge is 2.23. The van der Waals surface area contributed by atoms with E-state index in [1.165, 1.54) is 0 Å². The van der Waals surface area contributed by atoms with Gasteiger partial charge in [-0.2, -0.15) is 5.10 Å². The Morgan fingerprint density at radius 1 is 1.07 bits per heavy atom. The normalized spacial score (nSPS) is 16.0. The molecule has 10 heteroatoms. The Morgan fingerprint density at radius 3 is 2.50 bits per heavy atom. The number of aromatic nitrogens is 4. The van der Waals surface area contributed by atoms with Crippen molar-refractivity contribution in [1.82, 2.24) is 24.6 Å². The summed E-state index contributed by atoms with van der Waals surface area (Å²) in [6, 6.07) is 6.33. The quantitative estimate of drug-likeness (QED) is 0.620. The van der Waals surface area contributed by atoms with Crippen LogP contribution in [-0.2, 0) is 16.9 Å². The third kappa shape index (κ3) is 3.82. The maximum atomic E-state index is 12.5. The molecule has 0 N–H and O–H groups in total. The number of halogens is 1. The number of piperazine rings is 1. The second-order valence-electron chi connectivity index (χ2n) is 6.80. The molecule has 0 unspecified atom stereocenters. The molecule has 3 heterocycles. The highest BCUT2D eigenvalue weighted by molar-refractivity contribution is 7.91. The number of benzene rings is 1. The Bertz CT molecular complexity index is 1080. The van der Waals surface area contributed by atoms with Crippen molar-refractivity contribution in [3.8, 4) is 0 Å². The minimum Gasteiger partial charge on any atom is -0.353 e. The number of nitrogens with zero attached hydrogens (tertiary/aromatic N) is 6. The number of fused-ring (bicyclic) bond motifs is 1. The largest absolute Gasteiger partial charge is 0.353 e. The number of rotatable bonds is 5. The predicted molar refractivity (Wildman–Crippen MR) is 108 cm³/mol. The van der Waals surface area contributed by atoms with Crippen LogP contribution in [0, 0.1) is 0 Å². The van der Waals surface area contributed by atoms with Crippen molar-refractivity contribution < 1.29 is 8.42 Å². The van der Waals surface area contributed by atoms with E-state index in [0.29, 0.717) is 16.5 Å². The fourth-order valence-corrected chi connectivity index (χ4v) is 4.81. The van der Waals surface area contributed by atoms with Crippen molar-refractivity contribution in [2.45, 2.75) is 4.90 Å². The van der Waals surface area contributed by atoms with E-state index in [4.69, 9.17) is 11.6 Å². The predicted octanol–water partition coefficient (Wildman–Crippen LogP) is 1.61. The zero-order valence-corrected chi connectivity index (χ0v) is 17.1. The van der Waals surface area contributed by atoms with Crippen molar-refractivity contribution in [3.63, 3.8) is 0 Å². The minimum absolute atomic E-state index is 0.0923. The molecule has 1 saturated heterocycles. The van der Waals surface area contributed by atoms with Crippen LogP contribution < -0.4 is 4.90 Å². The van der Waals surface area contributed by atoms with Gasteiger partial charge in [-0.15, -0.1) is 0 Å². The SMILES string of the molecule is Cn1ncc2c(N3CCN(CCS(=O)(=O)c4ccc(Cl)cc4)CC3)ncnc21. The van der Waals surface area contributed by atoms with Crippen LogP contribution in [-0.4, -0.2) is 71.5 Å². The van der Waals surface area contributed by atoms with Crippen LogP contribution in [0.25, 0.3) is 11.0 Å². The molecule has 1 fully saturated rings. The molecule has 28 heavy (non-hydrogen) atoms. The van der Waals surface area contributed by atoms with Crippen molar-refractivity contribution in [2.75, 3.05) is 43.4 Å². The molecular formula is C18H21ClN6O2S. The van der Waals surface area contributed by atoms with Crippen LogP contribution in [0.1, 0.15) is 0 Å². The van der Waals surface area contributed by atoms with Crippen molar-refractivity contribution in [2.24, 2.45) is 7.05 Å². The lowest BCUT2D eigenvalue weighted by Gasteiger charge is -2.35. The van der Waals surface area contributed by atoms with Gasteiger partial charge in [-0.3, -0.25) is 9.58 Å². The fraction of sp³-hybridized carbons (Fsp3) is 0.389. The van der Waals surface area contributed by atoms with E-state index in [9.17, 15) is 8.42 Å². The van der Waals surface area contributed by atoms with Gasteiger partial charge in [0.25, 0.3) is 0 Å². The third-order valence-corrected chi connectivity index (χ3v) is 6.99. The molecule has 0 amide bonds. The molecule has 8 nitrogen and oxygen atoms in total. The van der Waals surface area contributed by atoms with Crippen molar-refractivity contribution >= 4 is 38.3 Å². The van der Waals surface area contributed by atoms with Gasteiger partial charge in [-0.05, 0) is 24.3 Å². The highest BCUT2D eigenvalue weighted by Crippen LogP contribution is 2.23. The molecule has 0 radical (unpaired) electrons. The first kappa shape index (κ1) is 19.1. The van der Waals surface area contributed by atoms with Gasteiger partial charge < -0.3 is 4.90 Å². The summed E-state index contributed by atoms with van der Waals surface area (Å²) in [5.41, 5.74) is 0.807. The summed E-state index contributed by atoms with van der Waals surface area (Å²) in [4.78, 5) is 13.4. The zero-order valence-electron chi connectivity index (χ0n) is 15.5. The van der Waals surface area contributed by atoms with Gasteiger partial charge in [-0.1, -0.05) is 11.6 Å². The highest BCUT2D eigenvalue weighted by atomic mass is 35.5. The van der Waals surface area contributed by atoms with E-state index in [1.807, 2.05) is 7.05 Å². The van der Waals surface area contributed by atoms with E-state index in [2.05, 4.69) is 24.9 Å². The van der Waals surface area contributed by atoms with Gasteiger partial charge in [0.15, 0.2) is 15.5 Å². The molecular weight excluding hydrogens is 400 g/mol. The second-order valence-corrected chi connectivity index (χ2v) is 9.35. The zero-order chi connectivity index (χ0) is 19.7. The first-order chi connectivity index (χ1) is 13.4. The van der Waals surface area contributed by atoms with Gasteiger partial charge in [0.05, 0.1) is 22.2 Å². The lowest BCUT2D eigenvalue weighted by atomic mass is 10.3. The fourth-order valence-electron chi connectivity index (χ4n) is 3.39. The summed E-state index contributed by atoms with van der Waals surface area (Å²) < 4.78 is 26.8. The van der Waals surface area contributed by atoms with Crippen molar-refractivity contribution in [3.05, 3.63) is 41.8 Å². The summed E-state index contributed by atoms with van der Waals surface area (Å²) in [6.45, 7) is 3.62. The van der Waals surface area contributed by atoms with Gasteiger partial charge in [0, 0.05) is 44.8 Å². The van der Waals surface area contributed by atoms with Crippen LogP contribution in [0.2, 0.25) is 5.02 Å². The number of hydrogen-bond donors (Lipinski definition) is 0. The average Bonchev–Trinajstić information content (AvgIpc) is 3.08. The minimum atomic E-state index is -3.31. The maximum absolute atomic E-state index is 12.5. The monoisotopic (exact) mass is 420 g/mol. The number of aryl methyl sites for hydroxylation is 1. The van der Waals surface area contributed by atoms with Gasteiger partial charge in [0.2, 0.25) is 0 Å². The molecule has 0 saturated carbocycles. The van der Waals surface area contributed by atoms with E-state index in [0.717, 1.165) is 43.0 Å². The smallest absolute Gasteiger partial charge is 0.179 e. The Morgan fingerprint density at radius 2 is 1.79 bits per heavy atom. The third-order valence-electron chi connectivity index (χ3n) is 5.03. The molecule has 1 aliphatic rings. The van der Waals surface area contributed by atoms with E-state index in [1.54, 1.807) is 41.5 Å². The lowest BCUT2D eigenvalue weighted by molar-refractivity contribution is 0.271. The first-order valence-electron chi connectivity index (χ1n) is 9.02. The van der Waals surface area contributed by atoms with E-state index >= 15 is 0 Å². The summed E-state index contributed by atoms with van der Waals surface area (Å²) in [6.07, 6.45) is 3.35. The topological polar surface area (TPSA) is 84.2 Å². The molecule has 148 valence electrons. The number of sulfone groups is 1.